The number of nitrogens with two attached hydrogens (primary N) is 1. The third kappa shape index (κ3) is 3.30. The fourth-order valence-corrected chi connectivity index (χ4v) is 3.03. The van der Waals surface area contributed by atoms with Crippen LogP contribution < -0.4 is 5.73 Å². The molecule has 0 bridgehead atoms. The van der Waals surface area contributed by atoms with Crippen LogP contribution in [0.1, 0.15) is 12.8 Å². The monoisotopic (exact) mass is 223 g/mol. The van der Waals surface area contributed by atoms with E-state index in [4.69, 9.17) is 5.73 Å². The summed E-state index contributed by atoms with van der Waals surface area (Å²) in [4.78, 5) is 4.92. The van der Waals surface area contributed by atoms with E-state index in [9.17, 15) is 0 Å². The fraction of sp³-hybridized carbons (Fsp3) is 0.846. The molecule has 1 heterocycles. The zero-order chi connectivity index (χ0) is 11.5. The van der Waals surface area contributed by atoms with Crippen molar-refractivity contribution in [2.24, 2.45) is 17.6 Å². The molecule has 1 aliphatic carbocycles. The molecular weight excluding hydrogens is 198 g/mol. The van der Waals surface area contributed by atoms with E-state index in [0.29, 0.717) is 12.0 Å². The number of nitrogens with zero attached hydrogens (tertiary/aromatic N) is 2. The number of hydrogen-bond acceptors (Lipinski definition) is 3. The van der Waals surface area contributed by atoms with Gasteiger partial charge in [0, 0.05) is 25.7 Å². The minimum Gasteiger partial charge on any atom is -0.324 e. The van der Waals surface area contributed by atoms with Gasteiger partial charge in [0.15, 0.2) is 0 Å². The topological polar surface area (TPSA) is 32.5 Å². The molecule has 0 spiro atoms. The summed E-state index contributed by atoms with van der Waals surface area (Å²) in [6, 6.07) is 0.302. The molecule has 92 valence electrons. The molecular formula is C13H25N3. The molecule has 1 aliphatic heterocycles. The van der Waals surface area contributed by atoms with Gasteiger partial charge in [0.25, 0.3) is 0 Å². The van der Waals surface area contributed by atoms with Crippen molar-refractivity contribution in [2.45, 2.75) is 18.9 Å². The summed E-state index contributed by atoms with van der Waals surface area (Å²) in [5.74, 6) is 1.55. The predicted octanol–water partition coefficient (Wildman–Crippen LogP) is 0.773. The lowest BCUT2D eigenvalue weighted by molar-refractivity contribution is 0.250. The molecule has 0 aromatic carbocycles. The molecule has 1 saturated heterocycles. The molecule has 3 heteroatoms. The minimum absolute atomic E-state index is 0.302. The SMILES string of the molecule is CN1CCC(CN(C)CC2C=CC(N)C2)C1. The summed E-state index contributed by atoms with van der Waals surface area (Å²) in [7, 11) is 4.47. The maximum absolute atomic E-state index is 5.87. The Kier molecular flexibility index (Phi) is 4.00. The van der Waals surface area contributed by atoms with Gasteiger partial charge in [0.05, 0.1) is 0 Å². The van der Waals surface area contributed by atoms with Gasteiger partial charge in [-0.2, -0.15) is 0 Å². The largest absolute Gasteiger partial charge is 0.324 e. The lowest BCUT2D eigenvalue weighted by Gasteiger charge is -2.23. The van der Waals surface area contributed by atoms with E-state index < -0.39 is 0 Å². The van der Waals surface area contributed by atoms with Crippen LogP contribution in [0.2, 0.25) is 0 Å². The van der Waals surface area contributed by atoms with Crippen LogP contribution in [0.4, 0.5) is 0 Å². The van der Waals surface area contributed by atoms with Gasteiger partial charge in [-0.05, 0) is 45.3 Å². The third-order valence-electron chi connectivity index (χ3n) is 3.81. The maximum atomic E-state index is 5.87. The lowest BCUT2D eigenvalue weighted by atomic mass is 10.1. The predicted molar refractivity (Wildman–Crippen MR) is 68.3 cm³/mol. The summed E-state index contributed by atoms with van der Waals surface area (Å²) in [6.07, 6.45) is 6.94. The smallest absolute Gasteiger partial charge is 0.0229 e. The Bertz CT molecular complexity index is 252. The van der Waals surface area contributed by atoms with Gasteiger partial charge >= 0.3 is 0 Å². The van der Waals surface area contributed by atoms with Crippen molar-refractivity contribution in [3.63, 3.8) is 0 Å². The first-order chi connectivity index (χ1) is 7.63. The lowest BCUT2D eigenvalue weighted by Crippen LogP contribution is -2.31. The van der Waals surface area contributed by atoms with Gasteiger partial charge in [0.2, 0.25) is 0 Å². The Morgan fingerprint density at radius 1 is 1.38 bits per heavy atom. The van der Waals surface area contributed by atoms with Crippen LogP contribution in [0.25, 0.3) is 0 Å². The van der Waals surface area contributed by atoms with Crippen LogP contribution in [-0.2, 0) is 0 Å². The molecule has 3 unspecified atom stereocenters. The highest BCUT2D eigenvalue weighted by Gasteiger charge is 2.22. The van der Waals surface area contributed by atoms with Gasteiger partial charge in [-0.1, -0.05) is 12.2 Å². The van der Waals surface area contributed by atoms with Crippen LogP contribution >= 0.6 is 0 Å². The number of hydrogen-bond donors (Lipinski definition) is 1. The summed E-state index contributed by atoms with van der Waals surface area (Å²) in [5.41, 5.74) is 5.87. The van der Waals surface area contributed by atoms with Gasteiger partial charge in [-0.15, -0.1) is 0 Å². The first kappa shape index (κ1) is 12.1. The van der Waals surface area contributed by atoms with E-state index in [1.807, 2.05) is 0 Å². The molecule has 0 amide bonds. The van der Waals surface area contributed by atoms with Gasteiger partial charge in [-0.3, -0.25) is 0 Å². The zero-order valence-electron chi connectivity index (χ0n) is 10.6. The van der Waals surface area contributed by atoms with Crippen LogP contribution in [0.3, 0.4) is 0 Å². The Hall–Kier alpha value is -0.380. The molecule has 16 heavy (non-hydrogen) atoms. The van der Waals surface area contributed by atoms with Crippen LogP contribution in [-0.4, -0.2) is 56.1 Å². The second kappa shape index (κ2) is 5.30. The van der Waals surface area contributed by atoms with E-state index in [0.717, 1.165) is 12.3 Å². The summed E-state index contributed by atoms with van der Waals surface area (Å²) in [6.45, 7) is 4.95. The Morgan fingerprint density at radius 3 is 2.75 bits per heavy atom. The molecule has 2 rings (SSSR count). The van der Waals surface area contributed by atoms with Crippen molar-refractivity contribution in [3.05, 3.63) is 12.2 Å². The van der Waals surface area contributed by atoms with Crippen LogP contribution in [0.15, 0.2) is 12.2 Å². The molecule has 2 N–H and O–H groups in total. The summed E-state index contributed by atoms with van der Waals surface area (Å²) < 4.78 is 0. The van der Waals surface area contributed by atoms with Crippen LogP contribution in [0, 0.1) is 11.8 Å². The van der Waals surface area contributed by atoms with E-state index in [-0.39, 0.29) is 0 Å². The van der Waals surface area contributed by atoms with Crippen LogP contribution in [0.5, 0.6) is 0 Å². The molecule has 1 fully saturated rings. The van der Waals surface area contributed by atoms with Gasteiger partial charge in [-0.25, -0.2) is 0 Å². The first-order valence-electron chi connectivity index (χ1n) is 6.44. The van der Waals surface area contributed by atoms with Crippen molar-refractivity contribution in [3.8, 4) is 0 Å². The van der Waals surface area contributed by atoms with Gasteiger partial charge in [0.1, 0.15) is 0 Å². The Labute approximate surface area is 99.3 Å². The molecule has 0 radical (unpaired) electrons. The average molecular weight is 223 g/mol. The van der Waals surface area contributed by atoms with E-state index in [2.05, 4.69) is 36.0 Å². The highest BCUT2D eigenvalue weighted by molar-refractivity contribution is 5.05. The molecule has 0 aromatic rings. The standard InChI is InChI=1S/C13H25N3/c1-15-6-5-12(9-15)10-16(2)8-11-3-4-13(14)7-11/h3-4,11-13H,5-10,14H2,1-2H3. The number of likely N-dealkylation sites (tertiary alicyclic amines) is 1. The molecule has 0 aromatic heterocycles. The zero-order valence-corrected chi connectivity index (χ0v) is 10.6. The van der Waals surface area contributed by atoms with Crippen molar-refractivity contribution in [1.82, 2.24) is 9.80 Å². The van der Waals surface area contributed by atoms with Crippen molar-refractivity contribution < 1.29 is 0 Å². The fourth-order valence-electron chi connectivity index (χ4n) is 3.03. The quantitative estimate of drug-likeness (QED) is 0.715. The third-order valence-corrected chi connectivity index (χ3v) is 3.81. The molecule has 3 atom stereocenters. The summed E-state index contributed by atoms with van der Waals surface area (Å²) in [5, 5.41) is 0. The normalized spacial score (nSPS) is 35.4. The van der Waals surface area contributed by atoms with Crippen molar-refractivity contribution in [2.75, 3.05) is 40.3 Å². The van der Waals surface area contributed by atoms with Gasteiger partial charge < -0.3 is 15.5 Å². The highest BCUT2D eigenvalue weighted by atomic mass is 15.1. The maximum Gasteiger partial charge on any atom is 0.0229 e. The minimum atomic E-state index is 0.302. The van der Waals surface area contributed by atoms with E-state index in [1.165, 1.54) is 32.6 Å². The number of rotatable bonds is 4. The van der Waals surface area contributed by atoms with Crippen molar-refractivity contribution in [1.29, 1.82) is 0 Å². The molecule has 2 aliphatic rings. The average Bonchev–Trinajstić information content (AvgIpc) is 2.76. The molecule has 0 saturated carbocycles. The summed E-state index contributed by atoms with van der Waals surface area (Å²) >= 11 is 0. The Balaban J connectivity index is 1.68. The highest BCUT2D eigenvalue weighted by Crippen LogP contribution is 2.19. The molecule has 3 nitrogen and oxygen atoms in total. The van der Waals surface area contributed by atoms with E-state index >= 15 is 0 Å². The second-order valence-corrected chi connectivity index (χ2v) is 5.68. The second-order valence-electron chi connectivity index (χ2n) is 5.68. The van der Waals surface area contributed by atoms with E-state index in [1.54, 1.807) is 0 Å². The Morgan fingerprint density at radius 2 is 2.19 bits per heavy atom. The van der Waals surface area contributed by atoms with Crippen molar-refractivity contribution >= 4 is 0 Å². The first-order valence-corrected chi connectivity index (χ1v) is 6.44.